The molecule has 2 N–H and O–H groups in total. The van der Waals surface area contributed by atoms with Crippen LogP contribution in [0.3, 0.4) is 0 Å². The molecule has 3 aromatic carbocycles. The monoisotopic (exact) mass is 462 g/mol. The number of halogens is 1. The van der Waals surface area contributed by atoms with E-state index in [-0.39, 0.29) is 24.2 Å². The second-order valence-corrected chi connectivity index (χ2v) is 9.15. The molecule has 1 atom stereocenters. The van der Waals surface area contributed by atoms with Crippen molar-refractivity contribution in [2.75, 3.05) is 26.2 Å². The molecular formula is C28H31ClN2O2. The molecule has 2 heterocycles. The fourth-order valence-electron chi connectivity index (χ4n) is 5.65. The number of amides is 1. The van der Waals surface area contributed by atoms with Gasteiger partial charge in [0.2, 0.25) is 5.91 Å². The van der Waals surface area contributed by atoms with Gasteiger partial charge in [-0.05, 0) is 29.5 Å². The highest BCUT2D eigenvalue weighted by Crippen LogP contribution is 2.44. The van der Waals surface area contributed by atoms with E-state index in [1.165, 1.54) is 0 Å². The Hall–Kier alpha value is -2.66. The van der Waals surface area contributed by atoms with Gasteiger partial charge in [0.1, 0.15) is 5.41 Å². The van der Waals surface area contributed by atoms with Crippen molar-refractivity contribution in [3.63, 3.8) is 0 Å². The van der Waals surface area contributed by atoms with Gasteiger partial charge in [0.05, 0.1) is 5.60 Å². The Morgan fingerprint density at radius 3 is 1.73 bits per heavy atom. The maximum Gasteiger partial charge on any atom is 0.235 e. The van der Waals surface area contributed by atoms with Gasteiger partial charge in [-0.3, -0.25) is 4.79 Å². The molecule has 172 valence electrons. The average molecular weight is 463 g/mol. The molecule has 4 nitrogen and oxygen atoms in total. The summed E-state index contributed by atoms with van der Waals surface area (Å²) in [6.45, 7) is 3.10. The highest BCUT2D eigenvalue weighted by Gasteiger charge is 2.53. The molecule has 3 aromatic rings. The van der Waals surface area contributed by atoms with Crippen LogP contribution in [-0.2, 0) is 15.8 Å². The molecule has 5 rings (SSSR count). The predicted octanol–water partition coefficient (Wildman–Crippen LogP) is 4.12. The highest BCUT2D eigenvalue weighted by atomic mass is 35.5. The SMILES string of the molecule is Cl.O=C1NCC(CN2CCC(O)(c3ccccc3)CC2)C1(c1ccccc1)c1ccccc1. The molecule has 2 fully saturated rings. The first-order chi connectivity index (χ1) is 15.6. The maximum atomic E-state index is 13.5. The van der Waals surface area contributed by atoms with Gasteiger partial charge in [-0.25, -0.2) is 0 Å². The number of carbonyl (C=O) groups is 1. The minimum Gasteiger partial charge on any atom is -0.385 e. The van der Waals surface area contributed by atoms with Gasteiger partial charge in [-0.2, -0.15) is 0 Å². The predicted molar refractivity (Wildman–Crippen MR) is 133 cm³/mol. The van der Waals surface area contributed by atoms with Crippen LogP contribution in [0.25, 0.3) is 0 Å². The van der Waals surface area contributed by atoms with Gasteiger partial charge >= 0.3 is 0 Å². The summed E-state index contributed by atoms with van der Waals surface area (Å²) in [5, 5.41) is 14.4. The molecule has 5 heteroatoms. The number of hydrogen-bond acceptors (Lipinski definition) is 3. The van der Waals surface area contributed by atoms with Gasteiger partial charge in [-0.15, -0.1) is 12.4 Å². The van der Waals surface area contributed by atoms with E-state index in [4.69, 9.17) is 0 Å². The summed E-state index contributed by atoms with van der Waals surface area (Å²) < 4.78 is 0. The van der Waals surface area contributed by atoms with E-state index in [0.29, 0.717) is 19.4 Å². The average Bonchev–Trinajstić information content (AvgIpc) is 3.18. The molecule has 1 amide bonds. The number of likely N-dealkylation sites (tertiary alicyclic amines) is 1. The summed E-state index contributed by atoms with van der Waals surface area (Å²) in [5.41, 5.74) is 1.63. The van der Waals surface area contributed by atoms with Gasteiger partial charge in [0.15, 0.2) is 0 Å². The Kier molecular flexibility index (Phi) is 6.89. The maximum absolute atomic E-state index is 13.5. The van der Waals surface area contributed by atoms with Crippen LogP contribution < -0.4 is 5.32 Å². The molecule has 2 saturated heterocycles. The lowest BCUT2D eigenvalue weighted by molar-refractivity contribution is -0.123. The van der Waals surface area contributed by atoms with Crippen LogP contribution in [-0.4, -0.2) is 42.1 Å². The molecule has 0 saturated carbocycles. The van der Waals surface area contributed by atoms with Crippen molar-refractivity contribution in [3.8, 4) is 0 Å². The highest BCUT2D eigenvalue weighted by molar-refractivity contribution is 5.94. The first-order valence-corrected chi connectivity index (χ1v) is 11.5. The summed E-state index contributed by atoms with van der Waals surface area (Å²) in [5.74, 6) is 0.195. The largest absolute Gasteiger partial charge is 0.385 e. The van der Waals surface area contributed by atoms with Gasteiger partial charge in [0, 0.05) is 32.1 Å². The number of nitrogens with zero attached hydrogens (tertiary/aromatic N) is 1. The van der Waals surface area contributed by atoms with Crippen LogP contribution in [0.15, 0.2) is 91.0 Å². The lowest BCUT2D eigenvalue weighted by Gasteiger charge is -2.42. The number of benzene rings is 3. The van der Waals surface area contributed by atoms with E-state index < -0.39 is 11.0 Å². The van der Waals surface area contributed by atoms with Crippen LogP contribution in [0.2, 0.25) is 0 Å². The molecule has 1 unspecified atom stereocenters. The van der Waals surface area contributed by atoms with E-state index in [2.05, 4.69) is 34.5 Å². The van der Waals surface area contributed by atoms with Crippen molar-refractivity contribution in [1.29, 1.82) is 0 Å². The second kappa shape index (κ2) is 9.68. The smallest absolute Gasteiger partial charge is 0.235 e. The van der Waals surface area contributed by atoms with Crippen molar-refractivity contribution in [3.05, 3.63) is 108 Å². The van der Waals surface area contributed by atoms with Crippen molar-refractivity contribution in [1.82, 2.24) is 10.2 Å². The third-order valence-electron chi connectivity index (χ3n) is 7.41. The van der Waals surface area contributed by atoms with E-state index >= 15 is 0 Å². The van der Waals surface area contributed by atoms with Gasteiger partial charge < -0.3 is 15.3 Å². The standard InChI is InChI=1S/C28H30N2O2.ClH/c31-26-28(23-12-6-2-7-13-23,24-14-8-3-9-15-24)25(20-29-26)21-30-18-16-27(32,17-19-30)22-10-4-1-5-11-22;/h1-15,25,32H,16-21H2,(H,29,31);1H. The zero-order chi connectivity index (χ0) is 22.0. The van der Waals surface area contributed by atoms with Crippen molar-refractivity contribution < 1.29 is 9.90 Å². The van der Waals surface area contributed by atoms with Crippen molar-refractivity contribution in [2.24, 2.45) is 5.92 Å². The van der Waals surface area contributed by atoms with Crippen molar-refractivity contribution >= 4 is 18.3 Å². The number of carbonyl (C=O) groups excluding carboxylic acids is 1. The quantitative estimate of drug-likeness (QED) is 0.599. The summed E-state index contributed by atoms with van der Waals surface area (Å²) in [7, 11) is 0. The lowest BCUT2D eigenvalue weighted by atomic mass is 9.67. The second-order valence-electron chi connectivity index (χ2n) is 9.15. The van der Waals surface area contributed by atoms with Gasteiger partial charge in [-0.1, -0.05) is 91.0 Å². The molecule has 0 spiro atoms. The molecule has 33 heavy (non-hydrogen) atoms. The number of aliphatic hydroxyl groups is 1. The zero-order valence-corrected chi connectivity index (χ0v) is 19.5. The third kappa shape index (κ3) is 4.19. The summed E-state index contributed by atoms with van der Waals surface area (Å²) >= 11 is 0. The Bertz CT molecular complexity index is 1010. The molecular weight excluding hydrogens is 432 g/mol. The molecule has 0 bridgehead atoms. The first kappa shape index (κ1) is 23.5. The minimum atomic E-state index is -0.766. The van der Waals surface area contributed by atoms with E-state index in [0.717, 1.165) is 36.3 Å². The molecule has 2 aliphatic rings. The van der Waals surface area contributed by atoms with Crippen LogP contribution in [0.5, 0.6) is 0 Å². The molecule has 2 aliphatic heterocycles. The lowest BCUT2D eigenvalue weighted by Crippen LogP contribution is -2.49. The minimum absolute atomic E-state index is 0. The topological polar surface area (TPSA) is 52.6 Å². The number of hydrogen-bond donors (Lipinski definition) is 2. The van der Waals surface area contributed by atoms with Crippen LogP contribution in [0.4, 0.5) is 0 Å². The third-order valence-corrected chi connectivity index (χ3v) is 7.41. The summed E-state index contributed by atoms with van der Waals surface area (Å²) in [4.78, 5) is 15.9. The Balaban J connectivity index is 0.00000259. The van der Waals surface area contributed by atoms with E-state index in [1.807, 2.05) is 66.7 Å². The van der Waals surface area contributed by atoms with Crippen LogP contribution in [0, 0.1) is 5.92 Å². The Labute approximate surface area is 202 Å². The zero-order valence-electron chi connectivity index (χ0n) is 18.7. The molecule has 0 aliphatic carbocycles. The molecule has 0 radical (unpaired) electrons. The van der Waals surface area contributed by atoms with Crippen molar-refractivity contribution in [2.45, 2.75) is 23.9 Å². The number of rotatable bonds is 5. The van der Waals surface area contributed by atoms with Crippen LogP contribution >= 0.6 is 12.4 Å². The summed E-state index contributed by atoms with van der Waals surface area (Å²) in [6.07, 6.45) is 1.41. The van der Waals surface area contributed by atoms with Crippen LogP contribution in [0.1, 0.15) is 29.5 Å². The number of nitrogens with one attached hydrogen (secondary N) is 1. The number of piperidine rings is 1. The van der Waals surface area contributed by atoms with Gasteiger partial charge in [0.25, 0.3) is 0 Å². The fraction of sp³-hybridized carbons (Fsp3) is 0.321. The van der Waals surface area contributed by atoms with E-state index in [9.17, 15) is 9.90 Å². The Morgan fingerprint density at radius 1 is 0.788 bits per heavy atom. The fourth-order valence-corrected chi connectivity index (χ4v) is 5.65. The summed E-state index contributed by atoms with van der Waals surface area (Å²) in [6, 6.07) is 30.4. The van der Waals surface area contributed by atoms with E-state index in [1.54, 1.807) is 0 Å². The normalized spacial score (nSPS) is 21.7. The Morgan fingerprint density at radius 2 is 1.24 bits per heavy atom. The first-order valence-electron chi connectivity index (χ1n) is 11.5. The molecule has 0 aromatic heterocycles.